The fourth-order valence-electron chi connectivity index (χ4n) is 13.8. The van der Waals surface area contributed by atoms with Crippen LogP contribution >= 0.6 is 47.2 Å². The molecule has 2 fully saturated rings. The van der Waals surface area contributed by atoms with Gasteiger partial charge in [-0.05, 0) is 275 Å². The fraction of sp³-hybridized carbons (Fsp3) is 0.132. The second-order valence-electron chi connectivity index (χ2n) is 32.0. The molecule has 756 valence electrons. The molecule has 15 aromatic rings. The predicted octanol–water partition coefficient (Wildman–Crippen LogP) is 28.4. The van der Waals surface area contributed by atoms with Crippen LogP contribution in [0.25, 0.3) is 55.6 Å². The first-order valence-electron chi connectivity index (χ1n) is 44.5. The van der Waals surface area contributed by atoms with Gasteiger partial charge in [0.1, 0.15) is 70.4 Å². The summed E-state index contributed by atoms with van der Waals surface area (Å²) < 4.78 is 143. The van der Waals surface area contributed by atoms with Gasteiger partial charge in [-0.25, -0.2) is 41.5 Å². The van der Waals surface area contributed by atoms with Crippen LogP contribution in [0.2, 0.25) is 0 Å². The number of alkyl halides is 2. The quantitative estimate of drug-likeness (QED) is 0.00545. The Morgan fingerprint density at radius 2 is 0.578 bits per heavy atom. The van der Waals surface area contributed by atoms with Gasteiger partial charge >= 0.3 is 43.8 Å². The van der Waals surface area contributed by atoms with Crippen LogP contribution in [-0.2, 0) is 18.2 Å². The van der Waals surface area contributed by atoms with Gasteiger partial charge in [-0.15, -0.1) is 0 Å². The van der Waals surface area contributed by atoms with Crippen molar-refractivity contribution in [3.05, 3.63) is 447 Å². The number of ether oxygens (including phenoxy) is 4. The van der Waals surface area contributed by atoms with Gasteiger partial charge in [-0.1, -0.05) is 153 Å². The number of carbonyl (C=O) groups is 2. The van der Waals surface area contributed by atoms with E-state index < -0.39 is 69.8 Å². The van der Waals surface area contributed by atoms with Gasteiger partial charge in [0.05, 0.1) is 42.9 Å². The number of aliphatic hydroxyl groups is 1. The van der Waals surface area contributed by atoms with Crippen LogP contribution in [0.5, 0.6) is 51.7 Å². The third-order valence-corrected chi connectivity index (χ3v) is 27.2. The molecule has 0 radical (unpaired) electrons. The zero-order valence-electron chi connectivity index (χ0n) is 77.9. The zero-order chi connectivity index (χ0) is 106. The Balaban J connectivity index is 0.000000162. The lowest BCUT2D eigenvalue weighted by molar-refractivity contribution is -0.387. The second-order valence-corrected chi connectivity index (χ2v) is 37.9. The maximum atomic E-state index is 13.3. The summed E-state index contributed by atoms with van der Waals surface area (Å²) in [6.07, 6.45) is -0.957. The van der Waals surface area contributed by atoms with E-state index in [1.54, 1.807) is 221 Å². The summed E-state index contributed by atoms with van der Waals surface area (Å²) in [5.74, 6) is -0.506. The summed E-state index contributed by atoms with van der Waals surface area (Å²) in [4.78, 5) is 73.6. The number of aldehydes is 2. The number of phenols is 1. The van der Waals surface area contributed by atoms with Crippen LogP contribution in [0.1, 0.15) is 76.5 Å². The number of nitrogens with zero attached hydrogens (tertiary/aromatic N) is 7. The Hall–Kier alpha value is -15.6. The number of nitro groups is 5. The molecule has 0 bridgehead atoms. The van der Waals surface area contributed by atoms with Crippen LogP contribution < -0.4 is 29.1 Å². The van der Waals surface area contributed by atoms with Crippen LogP contribution in [0, 0.1) is 85.5 Å². The number of rotatable bonds is 35. The number of nitro benzene ring substituents is 5. The standard InChI is InChI=1S/C24H25Br2FN3O5P.C24H23FN3O5P.C20H16FNO4.C19H12FNO4.C12H9FO.C7H4FNO3/c1-17(35-36(33,28-14-12-25)29-15-13-26)20-6-11-23(30(31)32)24(16-20)34-22-9-4-19(5-10-22)18-2-7-21(27)8-3-18;1-17(33-34(31,26-12-13-26)27-14-15-27)20-6-11-23(28(29)30)24(16-20)32-22-9-4-19(5-10-22)18-2-7-21(25)8-3-18;1-13(23)16-6-11-19(22(24)25)20(12-16)26-18-9-4-15(5-10-18)14-2-7-17(21)8-3-14;20-16-6-2-14(3-7-16)15-4-8-17(9-5-15)25-19-11-13(12-22)1-10-18(19)21(23)24;13-11-5-1-9(2-6-11)10-3-7-12(14)8-4-10;8-6-3-5(4-10)1-2-7(6)9(11)12/h2-11,16-17H,12-15H2,1H3,(H2,28,29,33);2-11,16-17H,12-15H2,1H3;2-13,23H,1H3;1-12H;1-8,14H;1-4H. The van der Waals surface area contributed by atoms with Crippen molar-refractivity contribution in [2.24, 2.45) is 0 Å². The molecule has 3 unspecified atom stereocenters. The molecule has 147 heavy (non-hydrogen) atoms. The molecule has 0 spiro atoms. The van der Waals surface area contributed by atoms with E-state index in [1.807, 2.05) is 9.34 Å². The topological polar surface area (TPSA) is 410 Å². The number of aliphatic hydroxyl groups excluding tert-OH is 1. The van der Waals surface area contributed by atoms with Crippen LogP contribution in [0.3, 0.4) is 0 Å². The molecule has 3 atom stereocenters. The number of hydrogen-bond donors (Lipinski definition) is 4. The maximum Gasteiger partial charge on any atom is 0.346 e. The molecule has 2 aliphatic rings. The third kappa shape index (κ3) is 31.9. The van der Waals surface area contributed by atoms with Crippen molar-refractivity contribution >= 4 is 88.2 Å². The normalized spacial score (nSPS) is 12.5. The van der Waals surface area contributed by atoms with Crippen molar-refractivity contribution in [2.45, 2.75) is 39.1 Å². The molecule has 41 heteroatoms. The number of phenolic OH excluding ortho intramolecular Hbond substituents is 1. The molecule has 0 saturated carbocycles. The Morgan fingerprint density at radius 3 is 0.837 bits per heavy atom. The number of aromatic hydroxyl groups is 1. The number of halogens is 8. The van der Waals surface area contributed by atoms with Gasteiger partial charge in [0, 0.05) is 91.4 Å². The Morgan fingerprint density at radius 1 is 0.340 bits per heavy atom. The van der Waals surface area contributed by atoms with E-state index >= 15 is 0 Å². The third-order valence-electron chi connectivity index (χ3n) is 21.7. The van der Waals surface area contributed by atoms with E-state index in [4.69, 9.17) is 33.1 Å². The van der Waals surface area contributed by atoms with Crippen LogP contribution in [0.15, 0.2) is 334 Å². The summed E-state index contributed by atoms with van der Waals surface area (Å²) in [6.45, 7) is 8.85. The van der Waals surface area contributed by atoms with E-state index in [-0.39, 0.29) is 91.7 Å². The minimum atomic E-state index is -3.38. The summed E-state index contributed by atoms with van der Waals surface area (Å²) in [7, 11) is -6.43. The van der Waals surface area contributed by atoms with Crippen molar-refractivity contribution in [3.63, 3.8) is 0 Å². The molecule has 0 aromatic heterocycles. The van der Waals surface area contributed by atoms with Crippen LogP contribution in [-0.4, -0.2) is 107 Å². The highest BCUT2D eigenvalue weighted by molar-refractivity contribution is 9.09. The number of carbonyl (C=O) groups excluding carboxylic acids is 2. The van der Waals surface area contributed by atoms with Crippen molar-refractivity contribution in [1.29, 1.82) is 0 Å². The van der Waals surface area contributed by atoms with Crippen molar-refractivity contribution in [2.75, 3.05) is 49.9 Å². The van der Waals surface area contributed by atoms with E-state index in [9.17, 15) is 101 Å². The lowest BCUT2D eigenvalue weighted by Gasteiger charge is -2.24. The number of hydrogen-bond acceptors (Lipinski definition) is 22. The zero-order valence-corrected chi connectivity index (χ0v) is 82.9. The molecular weight excluding hydrogens is 2090 g/mol. The van der Waals surface area contributed by atoms with E-state index in [2.05, 4.69) is 42.0 Å². The summed E-state index contributed by atoms with van der Waals surface area (Å²) >= 11 is 6.59. The van der Waals surface area contributed by atoms with Gasteiger partial charge in [0.15, 0.2) is 0 Å². The lowest BCUT2D eigenvalue weighted by Crippen LogP contribution is -2.27. The first-order valence-corrected chi connectivity index (χ1v) is 49.9. The molecule has 2 aliphatic heterocycles. The summed E-state index contributed by atoms with van der Waals surface area (Å²) in [6, 6.07) is 85.1. The van der Waals surface area contributed by atoms with E-state index in [1.165, 1.54) is 121 Å². The summed E-state index contributed by atoms with van der Waals surface area (Å²) in [5.41, 5.74) is 9.30. The highest BCUT2D eigenvalue weighted by Gasteiger charge is 2.50. The monoisotopic (exact) mass is 2170 g/mol. The molecule has 15 aromatic carbocycles. The molecule has 0 amide bonds. The number of benzene rings is 15. The lowest BCUT2D eigenvalue weighted by atomic mass is 10.1. The van der Waals surface area contributed by atoms with Crippen molar-refractivity contribution in [3.8, 4) is 107 Å². The molecule has 17 rings (SSSR count). The highest BCUT2D eigenvalue weighted by Crippen LogP contribution is 2.63. The Labute approximate surface area is 853 Å². The SMILES string of the molecule is CC(O)c1ccc([N+](=O)[O-])c(Oc2ccc(-c3ccc(F)cc3)cc2)c1.CC(OP(=O)(N1CC1)N1CC1)c1ccc([N+](=O)[O-])c(Oc2ccc(-c3ccc(F)cc3)cc2)c1.CC(OP(=O)(NCCBr)NCCBr)c1ccc([N+](=O)[O-])c(Oc2ccc(-c3ccc(F)cc3)cc2)c1.O=Cc1ccc([N+](=O)[O-])c(F)c1.O=Cc1ccc([N+](=O)[O-])c(Oc2ccc(-c3ccc(F)cc3)cc2)c1.Oc1ccc(-c2ccc(F)cc2)cc1. The smallest absolute Gasteiger partial charge is 0.346 e. The molecule has 2 saturated heterocycles. The van der Waals surface area contributed by atoms with Gasteiger partial charge in [0.2, 0.25) is 28.8 Å². The maximum absolute atomic E-state index is 13.3. The molecule has 0 aliphatic carbocycles. The Bertz CT molecular complexity index is 7150. The van der Waals surface area contributed by atoms with Crippen LogP contribution in [0.4, 0.5) is 54.8 Å². The molecule has 2 heterocycles. The van der Waals surface area contributed by atoms with E-state index in [0.29, 0.717) is 76.0 Å². The Kier molecular flexibility index (Phi) is 39.1. The molecule has 4 N–H and O–H groups in total. The average Bonchev–Trinajstić information content (AvgIpc) is 1.60. The minimum absolute atomic E-state index is 0.0101. The first kappa shape index (κ1) is 110. The predicted molar refractivity (Wildman–Crippen MR) is 549 cm³/mol. The largest absolute Gasteiger partial charge is 0.508 e. The first-order chi connectivity index (χ1) is 70.5. The van der Waals surface area contributed by atoms with Crippen molar-refractivity contribution in [1.82, 2.24) is 19.5 Å². The molecule has 31 nitrogen and oxygen atoms in total. The summed E-state index contributed by atoms with van der Waals surface area (Å²) in [5, 5.41) is 81.3. The second kappa shape index (κ2) is 52.2. The van der Waals surface area contributed by atoms with Crippen molar-refractivity contribution < 1.29 is 108 Å². The van der Waals surface area contributed by atoms with Gasteiger partial charge < -0.3 is 29.2 Å². The van der Waals surface area contributed by atoms with Gasteiger partial charge in [-0.3, -0.25) is 78.3 Å². The van der Waals surface area contributed by atoms with Gasteiger partial charge in [-0.2, -0.15) is 4.39 Å². The average molecular weight is 2180 g/mol. The molecular formula is C106H89Br2F6N9O22P2. The number of nitrogens with one attached hydrogen (secondary N) is 2. The van der Waals surface area contributed by atoms with E-state index in [0.717, 1.165) is 93.9 Å². The fourth-order valence-corrected chi connectivity index (χ4v) is 18.8. The van der Waals surface area contributed by atoms with Gasteiger partial charge in [0.25, 0.3) is 0 Å². The minimum Gasteiger partial charge on any atom is -0.508 e. The highest BCUT2D eigenvalue weighted by atomic mass is 79.9.